The average molecular weight is 337 g/mol. The molecule has 0 aliphatic heterocycles. The lowest BCUT2D eigenvalue weighted by Gasteiger charge is -2.03. The van der Waals surface area contributed by atoms with Crippen LogP contribution in [0.25, 0.3) is 6.08 Å². The molecule has 2 atom stereocenters. The summed E-state index contributed by atoms with van der Waals surface area (Å²) in [5.74, 6) is 1.73. The number of non-ortho nitro benzene ring substituents is 1. The van der Waals surface area contributed by atoms with Crippen LogP contribution in [0.15, 0.2) is 46.4 Å². The zero-order chi connectivity index (χ0) is 18.0. The van der Waals surface area contributed by atoms with Crippen molar-refractivity contribution < 1.29 is 14.1 Å². The van der Waals surface area contributed by atoms with Gasteiger partial charge in [-0.3, -0.25) is 14.9 Å². The van der Waals surface area contributed by atoms with E-state index in [4.69, 9.17) is 4.42 Å². The van der Waals surface area contributed by atoms with Crippen LogP contribution in [0.2, 0.25) is 0 Å². The molecule has 1 aromatic heterocycles. The topological polar surface area (TPSA) is 109 Å². The fraction of sp³-hybridized carbons (Fsp3) is 0.222. The fourth-order valence-corrected chi connectivity index (χ4v) is 2.52. The van der Waals surface area contributed by atoms with Gasteiger partial charge in [0, 0.05) is 29.8 Å². The lowest BCUT2D eigenvalue weighted by Crippen LogP contribution is -2.13. The van der Waals surface area contributed by atoms with E-state index in [0.29, 0.717) is 23.3 Å². The van der Waals surface area contributed by atoms with Crippen molar-refractivity contribution in [2.24, 2.45) is 5.92 Å². The highest BCUT2D eigenvalue weighted by Crippen LogP contribution is 2.47. The number of nitrogens with zero attached hydrogens (tertiary/aromatic N) is 2. The first-order chi connectivity index (χ1) is 12.0. The summed E-state index contributed by atoms with van der Waals surface area (Å²) in [5.41, 5.74) is 0.179. The Balaban J connectivity index is 1.71. The molecule has 0 spiro atoms. The van der Waals surface area contributed by atoms with Gasteiger partial charge in [-0.15, -0.1) is 0 Å². The van der Waals surface area contributed by atoms with Crippen LogP contribution in [0.3, 0.4) is 0 Å². The van der Waals surface area contributed by atoms with Gasteiger partial charge in [0.15, 0.2) is 0 Å². The Morgan fingerprint density at radius 3 is 2.60 bits per heavy atom. The smallest absolute Gasteiger partial charge is 0.269 e. The van der Waals surface area contributed by atoms with Gasteiger partial charge in [0.2, 0.25) is 0 Å². The average Bonchev–Trinajstić information content (AvgIpc) is 3.14. The number of nitro groups is 1. The van der Waals surface area contributed by atoms with Gasteiger partial charge in [-0.25, -0.2) is 0 Å². The molecule has 1 heterocycles. The fourth-order valence-electron chi connectivity index (χ4n) is 2.52. The van der Waals surface area contributed by atoms with E-state index in [0.717, 1.165) is 12.2 Å². The van der Waals surface area contributed by atoms with Crippen molar-refractivity contribution >= 4 is 23.4 Å². The quantitative estimate of drug-likeness (QED) is 0.385. The van der Waals surface area contributed by atoms with E-state index >= 15 is 0 Å². The maximum Gasteiger partial charge on any atom is 0.269 e. The number of furan rings is 1. The van der Waals surface area contributed by atoms with Gasteiger partial charge in [-0.1, -0.05) is 6.92 Å². The molecule has 126 valence electrons. The number of carbonyl (C=O) groups excluding carboxylic acids is 1. The summed E-state index contributed by atoms with van der Waals surface area (Å²) in [7, 11) is 0. The van der Waals surface area contributed by atoms with E-state index < -0.39 is 10.8 Å². The van der Waals surface area contributed by atoms with Gasteiger partial charge in [0.1, 0.15) is 23.2 Å². The summed E-state index contributed by atoms with van der Waals surface area (Å²) in [5, 5.41) is 22.4. The largest absolute Gasteiger partial charge is 0.461 e. The van der Waals surface area contributed by atoms with Crippen molar-refractivity contribution in [2.75, 3.05) is 5.32 Å². The number of amides is 1. The molecule has 7 heteroatoms. The Hall–Kier alpha value is -3.40. The molecule has 0 saturated heterocycles. The molecular formula is C18H15N3O4. The minimum atomic E-state index is -0.603. The molecule has 0 bridgehead atoms. The van der Waals surface area contributed by atoms with Crippen molar-refractivity contribution in [3.05, 3.63) is 63.6 Å². The number of carbonyl (C=O) groups is 1. The van der Waals surface area contributed by atoms with Crippen LogP contribution in [-0.2, 0) is 4.79 Å². The van der Waals surface area contributed by atoms with E-state index in [9.17, 15) is 20.2 Å². The van der Waals surface area contributed by atoms with E-state index in [1.165, 1.54) is 30.3 Å². The molecule has 0 unspecified atom stereocenters. The minimum absolute atomic E-state index is 0.0773. The molecule has 2 aromatic rings. The summed E-state index contributed by atoms with van der Waals surface area (Å²) in [4.78, 5) is 22.3. The number of rotatable bonds is 5. The molecule has 7 nitrogen and oxygen atoms in total. The first-order valence-electron chi connectivity index (χ1n) is 7.75. The number of nitriles is 1. The molecule has 3 rings (SSSR count). The van der Waals surface area contributed by atoms with E-state index in [2.05, 4.69) is 12.2 Å². The summed E-state index contributed by atoms with van der Waals surface area (Å²) >= 11 is 0. The Kier molecular flexibility index (Phi) is 4.35. The second kappa shape index (κ2) is 6.61. The Morgan fingerprint density at radius 1 is 1.36 bits per heavy atom. The highest BCUT2D eigenvalue weighted by Gasteiger charge is 2.36. The van der Waals surface area contributed by atoms with Crippen LogP contribution in [0.4, 0.5) is 11.4 Å². The second-order valence-corrected chi connectivity index (χ2v) is 5.99. The summed E-state index contributed by atoms with van der Waals surface area (Å²) in [6.45, 7) is 2.14. The molecule has 1 fully saturated rings. The zero-order valence-electron chi connectivity index (χ0n) is 13.4. The maximum absolute atomic E-state index is 12.2. The number of anilines is 1. The standard InChI is InChI=1S/C18H15N3O4/c1-11-8-16(11)17-7-6-15(25-17)9-12(10-19)18(22)20-13-2-4-14(5-3-13)21(23)24/h2-7,9,11,16H,8H2,1H3,(H,20,22)/b12-9+/t11-,16+/m0/s1. The molecular weight excluding hydrogens is 322 g/mol. The van der Waals surface area contributed by atoms with Crippen LogP contribution in [-0.4, -0.2) is 10.8 Å². The monoisotopic (exact) mass is 337 g/mol. The molecule has 0 radical (unpaired) electrons. The summed E-state index contributed by atoms with van der Waals surface area (Å²) in [6, 6.07) is 10.8. The van der Waals surface area contributed by atoms with Gasteiger partial charge in [0.25, 0.3) is 11.6 Å². The number of nitrogens with one attached hydrogen (secondary N) is 1. The molecule has 25 heavy (non-hydrogen) atoms. The van der Waals surface area contributed by atoms with Gasteiger partial charge < -0.3 is 9.73 Å². The van der Waals surface area contributed by atoms with Crippen molar-refractivity contribution in [3.63, 3.8) is 0 Å². The normalized spacial score (nSPS) is 19.1. The van der Waals surface area contributed by atoms with E-state index in [-0.39, 0.29) is 11.3 Å². The highest BCUT2D eigenvalue weighted by atomic mass is 16.6. The van der Waals surface area contributed by atoms with Crippen molar-refractivity contribution in [3.8, 4) is 6.07 Å². The van der Waals surface area contributed by atoms with Crippen molar-refractivity contribution in [1.29, 1.82) is 5.26 Å². The number of nitro benzene ring substituents is 1. The molecule has 1 N–H and O–H groups in total. The van der Waals surface area contributed by atoms with Crippen LogP contribution >= 0.6 is 0 Å². The minimum Gasteiger partial charge on any atom is -0.461 e. The van der Waals surface area contributed by atoms with Crippen LogP contribution < -0.4 is 5.32 Å². The Morgan fingerprint density at radius 2 is 2.04 bits per heavy atom. The van der Waals surface area contributed by atoms with Gasteiger partial charge >= 0.3 is 0 Å². The lowest BCUT2D eigenvalue weighted by atomic mass is 10.2. The maximum atomic E-state index is 12.2. The predicted octanol–water partition coefficient (Wildman–Crippen LogP) is 3.86. The first kappa shape index (κ1) is 16.5. The Labute approximate surface area is 143 Å². The molecule has 1 aliphatic carbocycles. The SMILES string of the molecule is C[C@H]1C[C@H]1c1ccc(/C=C(\C#N)C(=O)Nc2ccc([N+](=O)[O-])cc2)o1. The molecule has 1 aliphatic rings. The third kappa shape index (κ3) is 3.75. The van der Waals surface area contributed by atoms with Crippen LogP contribution in [0.1, 0.15) is 30.8 Å². The van der Waals surface area contributed by atoms with E-state index in [1.54, 1.807) is 6.07 Å². The third-order valence-corrected chi connectivity index (χ3v) is 4.11. The third-order valence-electron chi connectivity index (χ3n) is 4.11. The number of hydrogen-bond donors (Lipinski definition) is 1. The number of benzene rings is 1. The predicted molar refractivity (Wildman–Crippen MR) is 90.5 cm³/mol. The molecule has 1 amide bonds. The first-order valence-corrected chi connectivity index (χ1v) is 7.75. The van der Waals surface area contributed by atoms with Gasteiger partial charge in [0.05, 0.1) is 4.92 Å². The zero-order valence-corrected chi connectivity index (χ0v) is 13.4. The highest BCUT2D eigenvalue weighted by molar-refractivity contribution is 6.09. The number of hydrogen-bond acceptors (Lipinski definition) is 5. The molecule has 1 saturated carbocycles. The summed E-state index contributed by atoms with van der Waals surface area (Å²) < 4.78 is 5.67. The van der Waals surface area contributed by atoms with Gasteiger partial charge in [-0.2, -0.15) is 5.26 Å². The van der Waals surface area contributed by atoms with Crippen molar-refractivity contribution in [1.82, 2.24) is 0 Å². The second-order valence-electron chi connectivity index (χ2n) is 5.99. The summed E-state index contributed by atoms with van der Waals surface area (Å²) in [6.07, 6.45) is 2.47. The molecule has 1 aromatic carbocycles. The van der Waals surface area contributed by atoms with Crippen LogP contribution in [0, 0.1) is 27.4 Å². The van der Waals surface area contributed by atoms with Crippen LogP contribution in [0.5, 0.6) is 0 Å². The lowest BCUT2D eigenvalue weighted by molar-refractivity contribution is -0.384. The van der Waals surface area contributed by atoms with Crippen molar-refractivity contribution in [2.45, 2.75) is 19.3 Å². The Bertz CT molecular complexity index is 890. The van der Waals surface area contributed by atoms with Gasteiger partial charge in [-0.05, 0) is 36.6 Å². The van der Waals surface area contributed by atoms with E-state index in [1.807, 2.05) is 12.1 Å².